The summed E-state index contributed by atoms with van der Waals surface area (Å²) in [5.41, 5.74) is 0. The third-order valence-electron chi connectivity index (χ3n) is 10.3. The molecule has 0 saturated carbocycles. The predicted octanol–water partition coefficient (Wildman–Crippen LogP) is 14.0. The summed E-state index contributed by atoms with van der Waals surface area (Å²) in [4.78, 5) is 26.0. The molecule has 0 aromatic rings. The van der Waals surface area contributed by atoms with Crippen LogP contribution in [0.5, 0.6) is 0 Å². The molecule has 0 saturated heterocycles. The Bertz CT molecular complexity index is 1130. The summed E-state index contributed by atoms with van der Waals surface area (Å²) in [6, 6.07) is -0.743. The van der Waals surface area contributed by atoms with Crippen molar-refractivity contribution in [2.45, 2.75) is 225 Å². The Labute approximate surface area is 357 Å². The minimum atomic E-state index is -0.822. The lowest BCUT2D eigenvalue weighted by Gasteiger charge is -2.24. The van der Waals surface area contributed by atoms with Gasteiger partial charge in [0.25, 0.3) is 0 Å². The van der Waals surface area contributed by atoms with Crippen LogP contribution in [0, 0.1) is 0 Å². The summed E-state index contributed by atoms with van der Waals surface area (Å²) in [7, 11) is 0. The first kappa shape index (κ1) is 55.0. The van der Waals surface area contributed by atoms with Crippen LogP contribution in [0.3, 0.4) is 0 Å². The highest BCUT2D eigenvalue weighted by Crippen LogP contribution is 2.16. The van der Waals surface area contributed by atoms with E-state index in [1.165, 1.54) is 96.3 Å². The van der Waals surface area contributed by atoms with E-state index in [0.29, 0.717) is 19.3 Å². The molecule has 0 aliphatic heterocycles. The highest BCUT2D eigenvalue weighted by Gasteiger charge is 2.23. The van der Waals surface area contributed by atoms with E-state index in [4.69, 9.17) is 4.74 Å². The molecular weight excluding hydrogens is 719 g/mol. The minimum absolute atomic E-state index is 0.0253. The first-order valence-electron chi connectivity index (χ1n) is 23.9. The average Bonchev–Trinajstić information content (AvgIpc) is 3.22. The van der Waals surface area contributed by atoms with Crippen LogP contribution in [0.1, 0.15) is 207 Å². The molecule has 0 aliphatic carbocycles. The molecule has 0 aliphatic rings. The molecule has 0 aromatic heterocycles. The van der Waals surface area contributed by atoms with Crippen LogP contribution in [0.2, 0.25) is 0 Å². The van der Waals surface area contributed by atoms with Gasteiger partial charge in [0, 0.05) is 12.8 Å². The fraction of sp³-hybridized carbons (Fsp3) is 0.692. The number of rotatable bonds is 41. The van der Waals surface area contributed by atoms with Gasteiger partial charge >= 0.3 is 5.97 Å². The standard InChI is InChI=1S/C52H89NO5/c1-4-7-10-13-16-19-22-24-26-29-32-35-38-41-44-50(55)49(47-54)53-51(56)46-48(43-40-37-34-31-28-21-18-15-12-9-6-3)58-52(57)45-42-39-36-33-30-27-25-23-20-17-14-11-8-5-2/h8-9,11-12,15,17-18,20-21,28,31,34,37,40,48-50,54-55H,4-7,10,13-14,16,19,22-27,29-30,32-33,35-36,38-39,41-47H2,1-3H3,(H,53,56)/b11-8+,12-9+,18-15+,20-17+,28-21-,34-31-,40-37+. The van der Waals surface area contributed by atoms with Crippen molar-refractivity contribution in [1.82, 2.24) is 5.32 Å². The zero-order chi connectivity index (χ0) is 42.4. The Morgan fingerprint density at radius 3 is 1.59 bits per heavy atom. The lowest BCUT2D eigenvalue weighted by molar-refractivity contribution is -0.150. The molecule has 3 N–H and O–H groups in total. The van der Waals surface area contributed by atoms with Crippen molar-refractivity contribution in [3.05, 3.63) is 85.1 Å². The second-order valence-electron chi connectivity index (χ2n) is 15.9. The van der Waals surface area contributed by atoms with Crippen molar-refractivity contribution in [1.29, 1.82) is 0 Å². The SMILES string of the molecule is CC/C=C/C=C/C=C\C=C/C=C/CC(CC(=O)NC(CO)C(O)CCCCCCCCCCCCCCCC)OC(=O)CCCCCCCCC/C=C/C/C=C/CC. The Hall–Kier alpha value is -2.96. The maximum atomic E-state index is 13.1. The second-order valence-corrected chi connectivity index (χ2v) is 15.9. The van der Waals surface area contributed by atoms with Gasteiger partial charge in [-0.15, -0.1) is 0 Å². The smallest absolute Gasteiger partial charge is 0.306 e. The van der Waals surface area contributed by atoms with E-state index in [0.717, 1.165) is 64.2 Å². The van der Waals surface area contributed by atoms with Gasteiger partial charge in [0.15, 0.2) is 0 Å². The molecule has 0 heterocycles. The summed E-state index contributed by atoms with van der Waals surface area (Å²) < 4.78 is 5.82. The molecule has 0 bridgehead atoms. The monoisotopic (exact) mass is 808 g/mol. The molecule has 3 atom stereocenters. The molecule has 1 amide bonds. The maximum Gasteiger partial charge on any atom is 0.306 e. The van der Waals surface area contributed by atoms with Crippen molar-refractivity contribution in [3.8, 4) is 0 Å². The molecule has 0 spiro atoms. The molecule has 6 nitrogen and oxygen atoms in total. The van der Waals surface area contributed by atoms with Crippen molar-refractivity contribution >= 4 is 11.9 Å². The van der Waals surface area contributed by atoms with E-state index in [-0.39, 0.29) is 24.9 Å². The van der Waals surface area contributed by atoms with Gasteiger partial charge in [-0.25, -0.2) is 0 Å². The number of nitrogens with one attached hydrogen (secondary N) is 1. The van der Waals surface area contributed by atoms with Crippen LogP contribution < -0.4 is 5.32 Å². The molecule has 3 unspecified atom stereocenters. The normalized spacial score (nSPS) is 14.1. The van der Waals surface area contributed by atoms with E-state index in [1.54, 1.807) is 0 Å². The zero-order valence-electron chi connectivity index (χ0n) is 37.6. The number of aliphatic hydroxyl groups is 2. The molecule has 0 rings (SSSR count). The van der Waals surface area contributed by atoms with Crippen LogP contribution in [0.25, 0.3) is 0 Å². The number of allylic oxidation sites excluding steroid dienone is 13. The number of ether oxygens (including phenoxy) is 1. The van der Waals surface area contributed by atoms with E-state index in [9.17, 15) is 19.8 Å². The molecule has 58 heavy (non-hydrogen) atoms. The Kier molecular flexibility index (Phi) is 42.8. The minimum Gasteiger partial charge on any atom is -0.461 e. The summed E-state index contributed by atoms with van der Waals surface area (Å²) in [5, 5.41) is 23.6. The molecule has 6 heteroatoms. The number of amides is 1. The van der Waals surface area contributed by atoms with Crippen LogP contribution in [0.4, 0.5) is 0 Å². The quantitative estimate of drug-likeness (QED) is 0.0247. The highest BCUT2D eigenvalue weighted by atomic mass is 16.5. The largest absolute Gasteiger partial charge is 0.461 e. The van der Waals surface area contributed by atoms with Crippen LogP contribution in [0.15, 0.2) is 85.1 Å². The topological polar surface area (TPSA) is 95.9 Å². The van der Waals surface area contributed by atoms with Crippen molar-refractivity contribution < 1.29 is 24.5 Å². The van der Waals surface area contributed by atoms with Crippen LogP contribution in [-0.2, 0) is 14.3 Å². The van der Waals surface area contributed by atoms with Crippen LogP contribution >= 0.6 is 0 Å². The van der Waals surface area contributed by atoms with E-state index < -0.39 is 18.2 Å². The summed E-state index contributed by atoms with van der Waals surface area (Å²) in [5.74, 6) is -0.623. The van der Waals surface area contributed by atoms with Gasteiger partial charge in [-0.3, -0.25) is 9.59 Å². The van der Waals surface area contributed by atoms with Gasteiger partial charge in [-0.05, 0) is 44.9 Å². The lowest BCUT2D eigenvalue weighted by Crippen LogP contribution is -2.46. The van der Waals surface area contributed by atoms with Crippen LogP contribution in [-0.4, -0.2) is 46.9 Å². The molecule has 0 aromatic carbocycles. The molecule has 0 fully saturated rings. The number of carbonyl (C=O) groups excluding carboxylic acids is 2. The summed E-state index contributed by atoms with van der Waals surface area (Å²) in [6.07, 6.45) is 58.1. The second kappa shape index (κ2) is 45.1. The maximum absolute atomic E-state index is 13.1. The van der Waals surface area contributed by atoms with Gasteiger partial charge in [0.2, 0.25) is 5.91 Å². The summed E-state index contributed by atoms with van der Waals surface area (Å²) >= 11 is 0. The number of hydrogen-bond donors (Lipinski definition) is 3. The zero-order valence-corrected chi connectivity index (χ0v) is 37.6. The highest BCUT2D eigenvalue weighted by molar-refractivity contribution is 5.77. The van der Waals surface area contributed by atoms with E-state index in [1.807, 2.05) is 54.7 Å². The summed E-state index contributed by atoms with van der Waals surface area (Å²) in [6.45, 7) is 6.18. The third-order valence-corrected chi connectivity index (χ3v) is 10.3. The molecule has 332 valence electrons. The fourth-order valence-corrected chi connectivity index (χ4v) is 6.78. The number of esters is 1. The molecular formula is C52H89NO5. The van der Waals surface area contributed by atoms with E-state index >= 15 is 0 Å². The van der Waals surface area contributed by atoms with Gasteiger partial charge in [0.05, 0.1) is 25.2 Å². The Morgan fingerprint density at radius 2 is 1.03 bits per heavy atom. The van der Waals surface area contributed by atoms with E-state index in [2.05, 4.69) is 56.5 Å². The average molecular weight is 808 g/mol. The Morgan fingerprint density at radius 1 is 0.552 bits per heavy atom. The number of unbranched alkanes of at least 4 members (excludes halogenated alkanes) is 20. The third kappa shape index (κ3) is 39.8. The Balaban J connectivity index is 4.68. The van der Waals surface area contributed by atoms with Gasteiger partial charge in [0.1, 0.15) is 6.10 Å². The van der Waals surface area contributed by atoms with Crippen molar-refractivity contribution in [2.24, 2.45) is 0 Å². The number of hydrogen-bond acceptors (Lipinski definition) is 5. The fourth-order valence-electron chi connectivity index (χ4n) is 6.78. The van der Waals surface area contributed by atoms with Gasteiger partial charge in [-0.2, -0.15) is 0 Å². The number of carbonyl (C=O) groups is 2. The first-order valence-corrected chi connectivity index (χ1v) is 23.9. The van der Waals surface area contributed by atoms with Gasteiger partial charge in [-0.1, -0.05) is 228 Å². The predicted molar refractivity (Wildman–Crippen MR) is 250 cm³/mol. The molecule has 0 radical (unpaired) electrons. The van der Waals surface area contributed by atoms with Crippen molar-refractivity contribution in [3.63, 3.8) is 0 Å². The van der Waals surface area contributed by atoms with Gasteiger partial charge < -0.3 is 20.3 Å². The first-order chi connectivity index (χ1) is 28.5. The lowest BCUT2D eigenvalue weighted by atomic mass is 10.0. The number of aliphatic hydroxyl groups excluding tert-OH is 2. The van der Waals surface area contributed by atoms with Crippen molar-refractivity contribution in [2.75, 3.05) is 6.61 Å².